The molecule has 232 valence electrons. The summed E-state index contributed by atoms with van der Waals surface area (Å²) in [4.78, 5) is 10.7. The molecule has 0 fully saturated rings. The molecule has 11 rings (SSSR count). The lowest BCUT2D eigenvalue weighted by Crippen LogP contribution is -2.03. The Morgan fingerprint density at radius 2 is 0.880 bits per heavy atom. The van der Waals surface area contributed by atoms with E-state index in [9.17, 15) is 0 Å². The van der Waals surface area contributed by atoms with Crippen LogP contribution in [0.4, 0.5) is 0 Å². The molecule has 0 atom stereocenters. The predicted octanol–water partition coefficient (Wildman–Crippen LogP) is 11.8. The van der Waals surface area contributed by atoms with Crippen LogP contribution in [0, 0.1) is 0 Å². The van der Waals surface area contributed by atoms with Crippen molar-refractivity contribution in [2.45, 2.75) is 0 Å². The minimum atomic E-state index is 0.665. The van der Waals surface area contributed by atoms with Crippen LogP contribution in [0.25, 0.3) is 99.0 Å². The van der Waals surface area contributed by atoms with E-state index in [1.807, 2.05) is 0 Å². The van der Waals surface area contributed by atoms with Crippen molar-refractivity contribution in [1.82, 2.24) is 19.1 Å². The Bertz CT molecular complexity index is 3150. The lowest BCUT2D eigenvalue weighted by atomic mass is 10.0. The second-order valence-electron chi connectivity index (χ2n) is 13.1. The van der Waals surface area contributed by atoms with E-state index in [0.717, 1.165) is 44.4 Å². The van der Waals surface area contributed by atoms with E-state index < -0.39 is 0 Å². The molecule has 8 aromatic carbocycles. The molecule has 0 aliphatic rings. The Morgan fingerprint density at radius 3 is 1.62 bits per heavy atom. The van der Waals surface area contributed by atoms with E-state index in [4.69, 9.17) is 9.97 Å². The van der Waals surface area contributed by atoms with Crippen LogP contribution in [-0.4, -0.2) is 19.1 Å². The van der Waals surface area contributed by atoms with Crippen molar-refractivity contribution in [2.75, 3.05) is 0 Å². The maximum atomic E-state index is 5.44. The fourth-order valence-electron chi connectivity index (χ4n) is 7.96. The van der Waals surface area contributed by atoms with E-state index in [2.05, 4.69) is 179 Å². The van der Waals surface area contributed by atoms with Gasteiger partial charge in [0.2, 0.25) is 5.95 Å². The molecule has 3 heterocycles. The number of nitrogens with zero attached hydrogens (tertiary/aromatic N) is 4. The second kappa shape index (κ2) is 10.4. The minimum Gasteiger partial charge on any atom is -0.309 e. The first-order valence-corrected chi connectivity index (χ1v) is 17.0. The van der Waals surface area contributed by atoms with E-state index in [0.29, 0.717) is 5.95 Å². The highest BCUT2D eigenvalue weighted by molar-refractivity contribution is 6.16. The average Bonchev–Trinajstić information content (AvgIpc) is 3.67. The third-order valence-electron chi connectivity index (χ3n) is 10.3. The fraction of sp³-hybridized carbons (Fsp3) is 0. The lowest BCUT2D eigenvalue weighted by molar-refractivity contribution is 1.01. The highest BCUT2D eigenvalue weighted by Crippen LogP contribution is 2.39. The van der Waals surface area contributed by atoms with Crippen LogP contribution < -0.4 is 0 Å². The number of rotatable bonds is 3. The van der Waals surface area contributed by atoms with Gasteiger partial charge in [-0.15, -0.1) is 0 Å². The number of hydrogen-bond acceptors (Lipinski definition) is 2. The van der Waals surface area contributed by atoms with E-state index in [1.54, 1.807) is 0 Å². The monoisotopic (exact) mass is 636 g/mol. The first-order valence-electron chi connectivity index (χ1n) is 17.0. The number of aromatic nitrogens is 4. The second-order valence-corrected chi connectivity index (χ2v) is 13.1. The molecule has 0 aliphatic heterocycles. The summed E-state index contributed by atoms with van der Waals surface area (Å²) >= 11 is 0. The number of fused-ring (bicyclic) bond motifs is 9. The first kappa shape index (κ1) is 27.2. The van der Waals surface area contributed by atoms with E-state index in [1.165, 1.54) is 48.6 Å². The highest BCUT2D eigenvalue weighted by Gasteiger charge is 2.20. The summed E-state index contributed by atoms with van der Waals surface area (Å²) in [7, 11) is 0. The molecule has 0 saturated heterocycles. The maximum absolute atomic E-state index is 5.44. The summed E-state index contributed by atoms with van der Waals surface area (Å²) in [5, 5.41) is 10.7. The lowest BCUT2D eigenvalue weighted by Gasteiger charge is -2.12. The molecule has 4 nitrogen and oxygen atoms in total. The van der Waals surface area contributed by atoms with Crippen LogP contribution in [0.1, 0.15) is 0 Å². The molecule has 11 aromatic rings. The Morgan fingerprint density at radius 1 is 0.340 bits per heavy atom. The standard InChI is InChI=1S/C46H28N4/c1-2-16-34(17-3-1)49-42-23-22-33(26-38(42)39-25-30-13-5-6-14-31(30)27-43(39)49)45-36-19-8-10-20-40(36)47-46(48-45)50-41-21-11-9-18-35(41)37-24-29-12-4-7-15-32(29)28-44(37)50/h1-28H. The van der Waals surface area contributed by atoms with Gasteiger partial charge in [0.05, 0.1) is 33.3 Å². The predicted molar refractivity (Wildman–Crippen MR) is 209 cm³/mol. The summed E-state index contributed by atoms with van der Waals surface area (Å²) in [6, 6.07) is 60.8. The topological polar surface area (TPSA) is 35.6 Å². The summed E-state index contributed by atoms with van der Waals surface area (Å²) in [6.07, 6.45) is 0. The number of para-hydroxylation sites is 3. The van der Waals surface area contributed by atoms with Gasteiger partial charge in [-0.1, -0.05) is 109 Å². The van der Waals surface area contributed by atoms with Crippen LogP contribution in [0.3, 0.4) is 0 Å². The van der Waals surface area contributed by atoms with Gasteiger partial charge in [-0.2, -0.15) is 0 Å². The summed E-state index contributed by atoms with van der Waals surface area (Å²) in [5.41, 5.74) is 8.57. The van der Waals surface area contributed by atoms with Gasteiger partial charge in [-0.3, -0.25) is 4.57 Å². The van der Waals surface area contributed by atoms with Crippen LogP contribution in [0.15, 0.2) is 170 Å². The minimum absolute atomic E-state index is 0.665. The third kappa shape index (κ3) is 3.93. The van der Waals surface area contributed by atoms with Crippen molar-refractivity contribution >= 4 is 76.1 Å². The van der Waals surface area contributed by atoms with Crippen molar-refractivity contribution in [3.63, 3.8) is 0 Å². The normalized spacial score (nSPS) is 12.0. The zero-order valence-electron chi connectivity index (χ0n) is 27.0. The molecule has 4 heteroatoms. The molecule has 0 radical (unpaired) electrons. The van der Waals surface area contributed by atoms with Crippen molar-refractivity contribution in [2.24, 2.45) is 0 Å². The molecular weight excluding hydrogens is 609 g/mol. The molecule has 0 unspecified atom stereocenters. The van der Waals surface area contributed by atoms with Gasteiger partial charge in [0.25, 0.3) is 0 Å². The smallest absolute Gasteiger partial charge is 0.235 e. The zero-order chi connectivity index (χ0) is 32.8. The maximum Gasteiger partial charge on any atom is 0.235 e. The molecule has 0 spiro atoms. The average molecular weight is 637 g/mol. The molecule has 0 bridgehead atoms. The molecule has 0 saturated carbocycles. The van der Waals surface area contributed by atoms with Crippen molar-refractivity contribution in [1.29, 1.82) is 0 Å². The molecular formula is C46H28N4. The van der Waals surface area contributed by atoms with Crippen LogP contribution >= 0.6 is 0 Å². The molecule has 0 aliphatic carbocycles. The SMILES string of the molecule is c1ccc(-n2c3ccc(-c4nc(-n5c6ccccc6c6cc7ccccc7cc65)nc5ccccc45)cc3c3cc4ccccc4cc32)cc1. The van der Waals surface area contributed by atoms with Crippen LogP contribution in [0.2, 0.25) is 0 Å². The van der Waals surface area contributed by atoms with Crippen molar-refractivity contribution < 1.29 is 0 Å². The molecule has 50 heavy (non-hydrogen) atoms. The third-order valence-corrected chi connectivity index (χ3v) is 10.3. The van der Waals surface area contributed by atoms with Gasteiger partial charge in [0, 0.05) is 38.2 Å². The Hall–Kier alpha value is -6.78. The van der Waals surface area contributed by atoms with Crippen LogP contribution in [-0.2, 0) is 0 Å². The highest BCUT2D eigenvalue weighted by atomic mass is 15.2. The van der Waals surface area contributed by atoms with Crippen molar-refractivity contribution in [3.05, 3.63) is 170 Å². The summed E-state index contributed by atoms with van der Waals surface area (Å²) in [5.74, 6) is 0.665. The van der Waals surface area contributed by atoms with Crippen molar-refractivity contribution in [3.8, 4) is 22.9 Å². The fourth-order valence-corrected chi connectivity index (χ4v) is 7.96. The van der Waals surface area contributed by atoms with Gasteiger partial charge >= 0.3 is 0 Å². The van der Waals surface area contributed by atoms with Gasteiger partial charge in [-0.25, -0.2) is 9.97 Å². The Balaban J connectivity index is 1.21. The van der Waals surface area contributed by atoms with Gasteiger partial charge in [0.15, 0.2) is 0 Å². The Labute approximate surface area is 287 Å². The van der Waals surface area contributed by atoms with Gasteiger partial charge < -0.3 is 4.57 Å². The summed E-state index contributed by atoms with van der Waals surface area (Å²) in [6.45, 7) is 0. The quantitative estimate of drug-likeness (QED) is 0.193. The summed E-state index contributed by atoms with van der Waals surface area (Å²) < 4.78 is 4.62. The zero-order valence-corrected chi connectivity index (χ0v) is 27.0. The number of hydrogen-bond donors (Lipinski definition) is 0. The number of benzene rings is 8. The first-order chi connectivity index (χ1) is 24.8. The van der Waals surface area contributed by atoms with Gasteiger partial charge in [-0.05, 0) is 82.2 Å². The molecule has 0 N–H and O–H groups in total. The largest absolute Gasteiger partial charge is 0.309 e. The van der Waals surface area contributed by atoms with E-state index in [-0.39, 0.29) is 0 Å². The van der Waals surface area contributed by atoms with Crippen LogP contribution in [0.5, 0.6) is 0 Å². The van der Waals surface area contributed by atoms with E-state index >= 15 is 0 Å². The van der Waals surface area contributed by atoms with Gasteiger partial charge in [0.1, 0.15) is 0 Å². The molecule has 0 amide bonds. The molecule has 3 aromatic heterocycles. The Kier molecular flexibility index (Phi) is 5.63.